The number of hydrogen-bond acceptors (Lipinski definition) is 5. The first kappa shape index (κ1) is 11.4. The van der Waals surface area contributed by atoms with Crippen LogP contribution in [0.2, 0.25) is 0 Å². The number of aromatic nitrogens is 1. The van der Waals surface area contributed by atoms with Gasteiger partial charge in [-0.15, -0.1) is 11.3 Å². The third-order valence-electron chi connectivity index (χ3n) is 1.62. The Hall–Kier alpha value is -0.650. The molecule has 0 spiro atoms. The van der Waals surface area contributed by atoms with Crippen LogP contribution in [0.15, 0.2) is 5.38 Å². The lowest BCUT2D eigenvalue weighted by atomic mass is 10.4. The molecule has 0 saturated heterocycles. The molecule has 4 nitrogen and oxygen atoms in total. The second kappa shape index (κ2) is 6.75. The average molecular weight is 215 g/mol. The molecule has 1 aromatic rings. The van der Waals surface area contributed by atoms with Crippen LogP contribution in [0, 0.1) is 6.92 Å². The van der Waals surface area contributed by atoms with Gasteiger partial charge in [-0.25, -0.2) is 4.98 Å². The zero-order chi connectivity index (χ0) is 10.2. The number of nitrogens with two attached hydrogens (primary N) is 1. The lowest BCUT2D eigenvalue weighted by Gasteiger charge is -2.03. The van der Waals surface area contributed by atoms with E-state index in [0.29, 0.717) is 13.2 Å². The summed E-state index contributed by atoms with van der Waals surface area (Å²) in [6.45, 7) is 4.90. The fourth-order valence-corrected chi connectivity index (χ4v) is 1.71. The minimum atomic E-state index is 0.596. The first-order chi connectivity index (χ1) is 6.83. The summed E-state index contributed by atoms with van der Waals surface area (Å²) in [5.41, 5.74) is 6.35. The summed E-state index contributed by atoms with van der Waals surface area (Å²) in [5.74, 6) is 0. The van der Waals surface area contributed by atoms with E-state index in [0.717, 1.165) is 30.4 Å². The van der Waals surface area contributed by atoms with E-state index >= 15 is 0 Å². The van der Waals surface area contributed by atoms with Gasteiger partial charge in [0.15, 0.2) is 5.13 Å². The van der Waals surface area contributed by atoms with Gasteiger partial charge in [-0.05, 0) is 13.3 Å². The van der Waals surface area contributed by atoms with Crippen LogP contribution in [0.5, 0.6) is 0 Å². The number of aryl methyl sites for hydroxylation is 1. The molecular weight excluding hydrogens is 198 g/mol. The van der Waals surface area contributed by atoms with Crippen molar-refractivity contribution in [3.63, 3.8) is 0 Å². The van der Waals surface area contributed by atoms with E-state index in [2.05, 4.69) is 10.3 Å². The third kappa shape index (κ3) is 4.55. The molecule has 0 bridgehead atoms. The minimum absolute atomic E-state index is 0.596. The van der Waals surface area contributed by atoms with Crippen molar-refractivity contribution in [3.8, 4) is 0 Å². The maximum absolute atomic E-state index is 5.29. The highest BCUT2D eigenvalue weighted by Crippen LogP contribution is 2.13. The molecule has 0 aromatic carbocycles. The monoisotopic (exact) mass is 215 g/mol. The van der Waals surface area contributed by atoms with E-state index in [9.17, 15) is 0 Å². The van der Waals surface area contributed by atoms with Gasteiger partial charge in [0.1, 0.15) is 0 Å². The van der Waals surface area contributed by atoms with Crippen LogP contribution in [0.1, 0.15) is 12.1 Å². The molecule has 0 radical (unpaired) electrons. The minimum Gasteiger partial charge on any atom is -0.380 e. The number of nitrogens with one attached hydrogen (secondary N) is 1. The van der Waals surface area contributed by atoms with Crippen molar-refractivity contribution in [1.82, 2.24) is 4.98 Å². The van der Waals surface area contributed by atoms with E-state index in [4.69, 9.17) is 10.5 Å². The largest absolute Gasteiger partial charge is 0.380 e. The lowest BCUT2D eigenvalue weighted by Crippen LogP contribution is -2.11. The maximum Gasteiger partial charge on any atom is 0.182 e. The highest BCUT2D eigenvalue weighted by atomic mass is 32.1. The van der Waals surface area contributed by atoms with E-state index in [-0.39, 0.29) is 0 Å². The van der Waals surface area contributed by atoms with Gasteiger partial charge in [0.2, 0.25) is 0 Å². The molecule has 5 heteroatoms. The van der Waals surface area contributed by atoms with Gasteiger partial charge in [0, 0.05) is 25.1 Å². The van der Waals surface area contributed by atoms with E-state index in [1.165, 1.54) is 0 Å². The molecule has 0 unspecified atom stereocenters. The van der Waals surface area contributed by atoms with Gasteiger partial charge in [0.25, 0.3) is 0 Å². The first-order valence-electron chi connectivity index (χ1n) is 4.76. The second-order valence-electron chi connectivity index (χ2n) is 2.98. The summed E-state index contributed by atoms with van der Waals surface area (Å²) in [7, 11) is 0. The van der Waals surface area contributed by atoms with E-state index in [1.807, 2.05) is 12.3 Å². The molecule has 80 valence electrons. The number of nitrogens with zero attached hydrogens (tertiary/aromatic N) is 1. The van der Waals surface area contributed by atoms with Crippen LogP contribution in [-0.2, 0) is 4.74 Å². The topological polar surface area (TPSA) is 60.2 Å². The molecule has 0 aliphatic carbocycles. The molecule has 0 aliphatic heterocycles. The highest BCUT2D eigenvalue weighted by molar-refractivity contribution is 7.13. The SMILES string of the molecule is Cc1csc(NCCCOCCN)n1. The van der Waals surface area contributed by atoms with Crippen LogP contribution in [-0.4, -0.2) is 31.3 Å². The summed E-state index contributed by atoms with van der Waals surface area (Å²) < 4.78 is 5.24. The zero-order valence-corrected chi connectivity index (χ0v) is 9.27. The Morgan fingerprint density at radius 1 is 1.57 bits per heavy atom. The molecule has 3 N–H and O–H groups in total. The van der Waals surface area contributed by atoms with Crippen molar-refractivity contribution in [2.75, 3.05) is 31.6 Å². The molecule has 1 rings (SSSR count). The second-order valence-corrected chi connectivity index (χ2v) is 3.83. The number of thiazole rings is 1. The third-order valence-corrected chi connectivity index (χ3v) is 2.54. The average Bonchev–Trinajstić information content (AvgIpc) is 2.58. The standard InChI is InChI=1S/C9H17N3OS/c1-8-7-14-9(12-8)11-4-2-5-13-6-3-10/h7H,2-6,10H2,1H3,(H,11,12). The first-order valence-corrected chi connectivity index (χ1v) is 5.64. The van der Waals surface area contributed by atoms with Gasteiger partial charge >= 0.3 is 0 Å². The Labute approximate surface area is 88.5 Å². The predicted octanol–water partition coefficient (Wildman–Crippen LogP) is 1.23. The predicted molar refractivity (Wildman–Crippen MR) is 59.8 cm³/mol. The number of anilines is 1. The summed E-state index contributed by atoms with van der Waals surface area (Å²) in [5, 5.41) is 6.26. The maximum atomic E-state index is 5.29. The quantitative estimate of drug-likeness (QED) is 0.672. The number of rotatable bonds is 7. The molecule has 0 amide bonds. The molecule has 0 aliphatic rings. The van der Waals surface area contributed by atoms with Crippen LogP contribution in [0.4, 0.5) is 5.13 Å². The van der Waals surface area contributed by atoms with Gasteiger partial charge in [-0.3, -0.25) is 0 Å². The molecule has 0 atom stereocenters. The normalized spacial score (nSPS) is 10.4. The van der Waals surface area contributed by atoms with Crippen LogP contribution in [0.3, 0.4) is 0 Å². The van der Waals surface area contributed by atoms with E-state index in [1.54, 1.807) is 11.3 Å². The fraction of sp³-hybridized carbons (Fsp3) is 0.667. The molecule has 0 fully saturated rings. The van der Waals surface area contributed by atoms with Gasteiger partial charge < -0.3 is 15.8 Å². The van der Waals surface area contributed by atoms with Crippen molar-refractivity contribution in [3.05, 3.63) is 11.1 Å². The van der Waals surface area contributed by atoms with Crippen LogP contribution >= 0.6 is 11.3 Å². The molecule has 14 heavy (non-hydrogen) atoms. The fourth-order valence-electron chi connectivity index (χ4n) is 0.990. The van der Waals surface area contributed by atoms with E-state index < -0.39 is 0 Å². The molecule has 0 saturated carbocycles. The Morgan fingerprint density at radius 3 is 3.07 bits per heavy atom. The summed E-state index contributed by atoms with van der Waals surface area (Å²) in [6, 6.07) is 0. The Balaban J connectivity index is 1.99. The summed E-state index contributed by atoms with van der Waals surface area (Å²) in [6.07, 6.45) is 0.985. The van der Waals surface area contributed by atoms with Gasteiger partial charge in [0.05, 0.1) is 12.3 Å². The summed E-state index contributed by atoms with van der Waals surface area (Å²) in [4.78, 5) is 4.29. The van der Waals surface area contributed by atoms with Crippen molar-refractivity contribution in [2.45, 2.75) is 13.3 Å². The van der Waals surface area contributed by atoms with Crippen molar-refractivity contribution in [2.24, 2.45) is 5.73 Å². The zero-order valence-electron chi connectivity index (χ0n) is 8.45. The Kier molecular flexibility index (Phi) is 5.51. The number of ether oxygens (including phenoxy) is 1. The molecule has 1 heterocycles. The van der Waals surface area contributed by atoms with Crippen molar-refractivity contribution < 1.29 is 4.74 Å². The van der Waals surface area contributed by atoms with Gasteiger partial charge in [-0.1, -0.05) is 0 Å². The highest BCUT2D eigenvalue weighted by Gasteiger charge is 1.96. The van der Waals surface area contributed by atoms with Gasteiger partial charge in [-0.2, -0.15) is 0 Å². The van der Waals surface area contributed by atoms with Crippen molar-refractivity contribution >= 4 is 16.5 Å². The lowest BCUT2D eigenvalue weighted by molar-refractivity contribution is 0.141. The number of hydrogen-bond donors (Lipinski definition) is 2. The molecule has 1 aromatic heterocycles. The Morgan fingerprint density at radius 2 is 2.43 bits per heavy atom. The van der Waals surface area contributed by atoms with Crippen LogP contribution < -0.4 is 11.1 Å². The van der Waals surface area contributed by atoms with Crippen LogP contribution in [0.25, 0.3) is 0 Å². The smallest absolute Gasteiger partial charge is 0.182 e. The molecular formula is C9H17N3OS. The Bertz CT molecular complexity index is 252. The van der Waals surface area contributed by atoms with Crippen molar-refractivity contribution in [1.29, 1.82) is 0 Å². The summed E-state index contributed by atoms with van der Waals surface area (Å²) >= 11 is 1.63.